The first-order chi connectivity index (χ1) is 8.74. The van der Waals surface area contributed by atoms with E-state index in [0.29, 0.717) is 19.8 Å². The Morgan fingerprint density at radius 3 is 2.61 bits per heavy atom. The third-order valence-corrected chi connectivity index (χ3v) is 2.45. The van der Waals surface area contributed by atoms with Crippen LogP contribution in [0.2, 0.25) is 0 Å². The van der Waals surface area contributed by atoms with Gasteiger partial charge in [-0.1, -0.05) is 37.3 Å². The Morgan fingerprint density at radius 1 is 1.22 bits per heavy atom. The molecule has 0 radical (unpaired) electrons. The normalized spacial score (nSPS) is 12.1. The maximum absolute atomic E-state index is 11.5. The zero-order valence-electron chi connectivity index (χ0n) is 10.8. The number of nitrogens with two attached hydrogens (primary N) is 1. The minimum absolute atomic E-state index is 0.192. The van der Waals surface area contributed by atoms with Crippen LogP contribution < -0.4 is 5.73 Å². The Kier molecular flexibility index (Phi) is 7.06. The molecule has 1 rings (SSSR count). The second-order valence-electron chi connectivity index (χ2n) is 4.05. The molecule has 0 aliphatic carbocycles. The molecule has 1 unspecified atom stereocenters. The van der Waals surface area contributed by atoms with Crippen molar-refractivity contribution in [1.82, 2.24) is 0 Å². The van der Waals surface area contributed by atoms with Gasteiger partial charge in [0.1, 0.15) is 6.61 Å². The average Bonchev–Trinajstić information content (AvgIpc) is 2.39. The van der Waals surface area contributed by atoms with Gasteiger partial charge < -0.3 is 15.2 Å². The summed E-state index contributed by atoms with van der Waals surface area (Å²) in [6, 6.07) is 9.22. The molecule has 4 heteroatoms. The summed E-state index contributed by atoms with van der Waals surface area (Å²) in [4.78, 5) is 11.5. The van der Waals surface area contributed by atoms with Crippen LogP contribution in [0.5, 0.6) is 0 Å². The molecule has 100 valence electrons. The van der Waals surface area contributed by atoms with E-state index in [0.717, 1.165) is 12.0 Å². The lowest BCUT2D eigenvalue weighted by atomic mass is 10.1. The highest BCUT2D eigenvalue weighted by molar-refractivity contribution is 5.70. The van der Waals surface area contributed by atoms with Crippen molar-refractivity contribution in [2.75, 3.05) is 19.8 Å². The van der Waals surface area contributed by atoms with Gasteiger partial charge in [-0.15, -0.1) is 0 Å². The van der Waals surface area contributed by atoms with Gasteiger partial charge in [-0.3, -0.25) is 4.79 Å². The van der Waals surface area contributed by atoms with Crippen LogP contribution in [-0.4, -0.2) is 25.8 Å². The first-order valence-electron chi connectivity index (χ1n) is 6.28. The smallest absolute Gasteiger partial charge is 0.307 e. The summed E-state index contributed by atoms with van der Waals surface area (Å²) in [5, 5.41) is 0. The zero-order valence-corrected chi connectivity index (χ0v) is 10.8. The van der Waals surface area contributed by atoms with Crippen molar-refractivity contribution >= 4 is 5.97 Å². The van der Waals surface area contributed by atoms with Crippen LogP contribution >= 0.6 is 0 Å². The second-order valence-corrected chi connectivity index (χ2v) is 4.05. The van der Waals surface area contributed by atoms with Crippen LogP contribution in [0.3, 0.4) is 0 Å². The maximum Gasteiger partial charge on any atom is 0.307 e. The van der Waals surface area contributed by atoms with E-state index in [1.54, 1.807) is 0 Å². The molecule has 0 amide bonds. The largest absolute Gasteiger partial charge is 0.463 e. The average molecular weight is 251 g/mol. The molecule has 0 aliphatic rings. The van der Waals surface area contributed by atoms with Crippen molar-refractivity contribution in [3.63, 3.8) is 0 Å². The van der Waals surface area contributed by atoms with Gasteiger partial charge in [-0.2, -0.15) is 0 Å². The molecule has 1 aromatic rings. The summed E-state index contributed by atoms with van der Waals surface area (Å²) in [5.74, 6) is -0.286. The number of carbonyl (C=O) groups excluding carboxylic acids is 1. The van der Waals surface area contributed by atoms with E-state index in [-0.39, 0.29) is 18.4 Å². The van der Waals surface area contributed by atoms with Crippen LogP contribution in [0.15, 0.2) is 30.3 Å². The lowest BCUT2D eigenvalue weighted by Gasteiger charge is -2.11. The predicted molar refractivity (Wildman–Crippen MR) is 70.1 cm³/mol. The topological polar surface area (TPSA) is 61.5 Å². The minimum atomic E-state index is -0.310. The highest BCUT2D eigenvalue weighted by Crippen LogP contribution is 2.13. The summed E-state index contributed by atoms with van der Waals surface area (Å²) in [6.45, 7) is 3.46. The number of benzene rings is 1. The van der Waals surface area contributed by atoms with E-state index < -0.39 is 0 Å². The Hall–Kier alpha value is -1.39. The molecule has 0 fully saturated rings. The van der Waals surface area contributed by atoms with Gasteiger partial charge in [-0.25, -0.2) is 0 Å². The molecule has 1 atom stereocenters. The summed E-state index contributed by atoms with van der Waals surface area (Å²) in [6.07, 6.45) is 1.16. The first kappa shape index (κ1) is 14.7. The van der Waals surface area contributed by atoms with Gasteiger partial charge in [0.05, 0.1) is 13.0 Å². The van der Waals surface area contributed by atoms with E-state index in [4.69, 9.17) is 15.2 Å². The molecule has 0 saturated heterocycles. The summed E-state index contributed by atoms with van der Waals surface area (Å²) in [5.41, 5.74) is 6.86. The van der Waals surface area contributed by atoms with Crippen molar-refractivity contribution in [2.24, 2.45) is 5.73 Å². The Bertz CT molecular complexity index is 340. The molecule has 0 aliphatic heterocycles. The van der Waals surface area contributed by atoms with Gasteiger partial charge >= 0.3 is 5.97 Å². The molecular weight excluding hydrogens is 230 g/mol. The zero-order chi connectivity index (χ0) is 13.2. The third-order valence-electron chi connectivity index (χ3n) is 2.45. The van der Waals surface area contributed by atoms with Crippen LogP contribution in [0.1, 0.15) is 31.4 Å². The number of hydrogen-bond acceptors (Lipinski definition) is 4. The Morgan fingerprint density at radius 2 is 1.94 bits per heavy atom. The van der Waals surface area contributed by atoms with Crippen molar-refractivity contribution in [2.45, 2.75) is 25.8 Å². The van der Waals surface area contributed by atoms with Gasteiger partial charge in [0.15, 0.2) is 0 Å². The van der Waals surface area contributed by atoms with Crippen LogP contribution in [0.4, 0.5) is 0 Å². The van der Waals surface area contributed by atoms with E-state index >= 15 is 0 Å². The van der Waals surface area contributed by atoms with Crippen LogP contribution in [0, 0.1) is 0 Å². The number of esters is 1. The number of ether oxygens (including phenoxy) is 2. The summed E-state index contributed by atoms with van der Waals surface area (Å²) >= 11 is 0. The van der Waals surface area contributed by atoms with E-state index in [1.165, 1.54) is 0 Å². The third kappa shape index (κ3) is 5.80. The second kappa shape index (κ2) is 8.66. The molecule has 4 nitrogen and oxygen atoms in total. The molecule has 0 spiro atoms. The minimum Gasteiger partial charge on any atom is -0.463 e. The Labute approximate surface area is 108 Å². The van der Waals surface area contributed by atoms with E-state index in [1.807, 2.05) is 37.3 Å². The first-order valence-corrected chi connectivity index (χ1v) is 6.28. The summed E-state index contributed by atoms with van der Waals surface area (Å²) < 4.78 is 10.3. The highest BCUT2D eigenvalue weighted by atomic mass is 16.6. The molecule has 0 bridgehead atoms. The van der Waals surface area contributed by atoms with E-state index in [9.17, 15) is 4.79 Å². The van der Waals surface area contributed by atoms with Gasteiger partial charge in [-0.05, 0) is 12.0 Å². The fourth-order valence-corrected chi connectivity index (χ4v) is 1.52. The van der Waals surface area contributed by atoms with Crippen molar-refractivity contribution in [3.8, 4) is 0 Å². The molecule has 0 saturated carbocycles. The lowest BCUT2D eigenvalue weighted by molar-refractivity contribution is -0.145. The maximum atomic E-state index is 11.5. The lowest BCUT2D eigenvalue weighted by Crippen LogP contribution is -2.18. The standard InChI is InChI=1S/C14H21NO3/c1-2-8-17-9-10-18-14(16)11-13(15)12-6-4-3-5-7-12/h3-7,13H,2,8-11,15H2,1H3. The van der Waals surface area contributed by atoms with Gasteiger partial charge in [0.25, 0.3) is 0 Å². The fourth-order valence-electron chi connectivity index (χ4n) is 1.52. The molecule has 18 heavy (non-hydrogen) atoms. The molecule has 1 aromatic carbocycles. The number of hydrogen-bond donors (Lipinski definition) is 1. The van der Waals surface area contributed by atoms with Crippen molar-refractivity contribution in [1.29, 1.82) is 0 Å². The van der Waals surface area contributed by atoms with Gasteiger partial charge in [0, 0.05) is 12.6 Å². The molecule has 2 N–H and O–H groups in total. The summed E-state index contributed by atoms with van der Waals surface area (Å²) in [7, 11) is 0. The van der Waals surface area contributed by atoms with Crippen molar-refractivity contribution < 1.29 is 14.3 Å². The monoisotopic (exact) mass is 251 g/mol. The number of carbonyl (C=O) groups is 1. The fraction of sp³-hybridized carbons (Fsp3) is 0.500. The molecular formula is C14H21NO3. The SMILES string of the molecule is CCCOCCOC(=O)CC(N)c1ccccc1. The van der Waals surface area contributed by atoms with Crippen molar-refractivity contribution in [3.05, 3.63) is 35.9 Å². The predicted octanol–water partition coefficient (Wildman–Crippen LogP) is 2.05. The molecule has 0 heterocycles. The highest BCUT2D eigenvalue weighted by Gasteiger charge is 2.12. The Balaban J connectivity index is 2.20. The molecule has 0 aromatic heterocycles. The van der Waals surface area contributed by atoms with E-state index in [2.05, 4.69) is 0 Å². The number of rotatable bonds is 8. The van der Waals surface area contributed by atoms with Gasteiger partial charge in [0.2, 0.25) is 0 Å². The quantitative estimate of drug-likeness (QED) is 0.567. The van der Waals surface area contributed by atoms with Crippen LogP contribution in [0.25, 0.3) is 0 Å². The van der Waals surface area contributed by atoms with Crippen LogP contribution in [-0.2, 0) is 14.3 Å².